The number of pyridine rings is 1. The van der Waals surface area contributed by atoms with Crippen molar-refractivity contribution in [2.45, 2.75) is 25.8 Å². The molecule has 0 saturated carbocycles. The lowest BCUT2D eigenvalue weighted by molar-refractivity contribution is -0.136. The maximum Gasteiger partial charge on any atom is 0.257 e. The van der Waals surface area contributed by atoms with Crippen molar-refractivity contribution >= 4 is 29.0 Å². The quantitative estimate of drug-likeness (QED) is 0.588. The van der Waals surface area contributed by atoms with Gasteiger partial charge in [0, 0.05) is 25.8 Å². The highest BCUT2D eigenvalue weighted by atomic mass is 16.2. The van der Waals surface area contributed by atoms with E-state index >= 15 is 0 Å². The van der Waals surface area contributed by atoms with Crippen molar-refractivity contribution in [1.82, 2.24) is 9.88 Å². The van der Waals surface area contributed by atoms with Gasteiger partial charge in [-0.15, -0.1) is 0 Å². The second-order valence-corrected chi connectivity index (χ2v) is 8.89. The number of nitrogens with one attached hydrogen (secondary N) is 1. The lowest BCUT2D eigenvalue weighted by Crippen LogP contribution is -2.61. The number of para-hydroxylation sites is 2. The Kier molecular flexibility index (Phi) is 6.31. The van der Waals surface area contributed by atoms with Gasteiger partial charge in [0.1, 0.15) is 5.82 Å². The number of nitrogens with zero attached hydrogens (tertiary/aromatic N) is 3. The third-order valence-corrected chi connectivity index (χ3v) is 5.94. The van der Waals surface area contributed by atoms with Crippen molar-refractivity contribution in [2.75, 3.05) is 35.6 Å². The molecule has 1 aliphatic heterocycles. The van der Waals surface area contributed by atoms with E-state index in [1.165, 1.54) is 0 Å². The van der Waals surface area contributed by atoms with Crippen LogP contribution < -0.4 is 16.0 Å². The molecule has 4 rings (SSSR count). The van der Waals surface area contributed by atoms with Crippen molar-refractivity contribution in [3.63, 3.8) is 0 Å². The van der Waals surface area contributed by atoms with Crippen LogP contribution in [0.4, 0.5) is 17.2 Å². The van der Waals surface area contributed by atoms with Gasteiger partial charge in [-0.1, -0.05) is 42.5 Å². The van der Waals surface area contributed by atoms with E-state index in [1.54, 1.807) is 24.4 Å². The molecule has 7 nitrogen and oxygen atoms in total. The summed E-state index contributed by atoms with van der Waals surface area (Å²) in [7, 11) is 0. The topological polar surface area (TPSA) is 91.6 Å². The molecule has 0 spiro atoms. The number of hydrogen-bond donors (Lipinski definition) is 2. The predicted octanol–water partition coefficient (Wildman–Crippen LogP) is 3.59. The summed E-state index contributed by atoms with van der Waals surface area (Å²) in [5, 5.41) is 2.82. The maximum absolute atomic E-state index is 13.0. The van der Waals surface area contributed by atoms with Gasteiger partial charge < -0.3 is 20.9 Å². The second-order valence-electron chi connectivity index (χ2n) is 8.89. The van der Waals surface area contributed by atoms with Crippen molar-refractivity contribution in [3.05, 3.63) is 84.1 Å². The van der Waals surface area contributed by atoms with Gasteiger partial charge in [0.05, 0.1) is 28.9 Å². The summed E-state index contributed by atoms with van der Waals surface area (Å²) in [6.45, 7) is 6.12. The van der Waals surface area contributed by atoms with Crippen LogP contribution in [0.1, 0.15) is 29.8 Å². The van der Waals surface area contributed by atoms with E-state index in [1.807, 2.05) is 53.4 Å². The number of carbonyl (C=O) groups excluding carboxylic acids is 2. The fraction of sp³-hybridized carbons (Fsp3) is 0.269. The average Bonchev–Trinajstić information content (AvgIpc) is 2.80. The number of nitrogens with two attached hydrogens (primary N) is 1. The van der Waals surface area contributed by atoms with Crippen LogP contribution in [-0.2, 0) is 11.2 Å². The zero-order chi connectivity index (χ0) is 23.4. The molecule has 0 unspecified atom stereocenters. The predicted molar refractivity (Wildman–Crippen MR) is 131 cm³/mol. The Morgan fingerprint density at radius 3 is 2.39 bits per heavy atom. The fourth-order valence-corrected chi connectivity index (χ4v) is 4.19. The minimum atomic E-state index is -0.341. The number of benzene rings is 2. The summed E-state index contributed by atoms with van der Waals surface area (Å²) >= 11 is 0. The Hall–Kier alpha value is -3.87. The van der Waals surface area contributed by atoms with Crippen molar-refractivity contribution in [1.29, 1.82) is 0 Å². The SMILES string of the molecule is CC1(C)CN(c2ccc(C(=O)Nc3ccccc3N)cn2)CCN1C(=O)Cc1ccccc1. The molecule has 2 heterocycles. The van der Waals surface area contributed by atoms with Crippen LogP contribution in [0.15, 0.2) is 72.9 Å². The van der Waals surface area contributed by atoms with Crippen LogP contribution in [0.2, 0.25) is 0 Å². The molecule has 3 N–H and O–H groups in total. The van der Waals surface area contributed by atoms with Crippen LogP contribution in [-0.4, -0.2) is 46.9 Å². The molecule has 0 aliphatic carbocycles. The van der Waals surface area contributed by atoms with Gasteiger partial charge in [-0.05, 0) is 43.7 Å². The number of aromatic nitrogens is 1. The lowest BCUT2D eigenvalue weighted by Gasteiger charge is -2.47. The third kappa shape index (κ3) is 5.14. The maximum atomic E-state index is 13.0. The van der Waals surface area contributed by atoms with E-state index in [-0.39, 0.29) is 17.4 Å². The molecule has 0 radical (unpaired) electrons. The molecule has 1 aliphatic rings. The number of amides is 2. The normalized spacial score (nSPS) is 15.2. The van der Waals surface area contributed by atoms with Crippen LogP contribution in [0.5, 0.6) is 0 Å². The van der Waals surface area contributed by atoms with Crippen molar-refractivity contribution in [3.8, 4) is 0 Å². The summed E-state index contributed by atoms with van der Waals surface area (Å²) < 4.78 is 0. The molecule has 3 aromatic rings. The molecule has 33 heavy (non-hydrogen) atoms. The molecule has 170 valence electrons. The summed E-state index contributed by atoms with van der Waals surface area (Å²) in [6, 6.07) is 20.6. The van der Waals surface area contributed by atoms with Crippen molar-refractivity contribution in [2.24, 2.45) is 0 Å². The second kappa shape index (κ2) is 9.32. The van der Waals surface area contributed by atoms with E-state index in [9.17, 15) is 9.59 Å². The van der Waals surface area contributed by atoms with E-state index in [0.717, 1.165) is 11.4 Å². The van der Waals surface area contributed by atoms with Crippen LogP contribution >= 0.6 is 0 Å². The van der Waals surface area contributed by atoms with Gasteiger partial charge >= 0.3 is 0 Å². The Morgan fingerprint density at radius 2 is 1.73 bits per heavy atom. The van der Waals surface area contributed by atoms with Crippen LogP contribution in [0, 0.1) is 0 Å². The minimum Gasteiger partial charge on any atom is -0.397 e. The summed E-state index contributed by atoms with van der Waals surface area (Å²) in [5.74, 6) is 0.656. The first-order valence-corrected chi connectivity index (χ1v) is 11.0. The summed E-state index contributed by atoms with van der Waals surface area (Å²) in [4.78, 5) is 34.2. The highest BCUT2D eigenvalue weighted by Gasteiger charge is 2.37. The zero-order valence-corrected chi connectivity index (χ0v) is 19.0. The van der Waals surface area contributed by atoms with E-state index in [2.05, 4.69) is 29.0 Å². The molecule has 1 fully saturated rings. The van der Waals surface area contributed by atoms with Gasteiger partial charge in [-0.25, -0.2) is 4.98 Å². The largest absolute Gasteiger partial charge is 0.397 e. The Labute approximate surface area is 194 Å². The fourth-order valence-electron chi connectivity index (χ4n) is 4.19. The number of hydrogen-bond acceptors (Lipinski definition) is 5. The number of rotatable bonds is 5. The number of nitrogen functional groups attached to an aromatic ring is 1. The molecule has 1 saturated heterocycles. The summed E-state index contributed by atoms with van der Waals surface area (Å²) in [5.41, 5.74) is 8.13. The molecule has 7 heteroatoms. The smallest absolute Gasteiger partial charge is 0.257 e. The number of carbonyl (C=O) groups is 2. The third-order valence-electron chi connectivity index (χ3n) is 5.94. The van der Waals surface area contributed by atoms with Crippen molar-refractivity contribution < 1.29 is 9.59 Å². The van der Waals surface area contributed by atoms with Gasteiger partial charge in [-0.3, -0.25) is 9.59 Å². The molecule has 2 aromatic carbocycles. The van der Waals surface area contributed by atoms with Crippen LogP contribution in [0.3, 0.4) is 0 Å². The highest BCUT2D eigenvalue weighted by Crippen LogP contribution is 2.26. The standard InChI is InChI=1S/C26H29N5O2/c1-26(2)18-30(14-15-31(26)24(32)16-19-8-4-3-5-9-19)23-13-12-20(17-28-23)25(33)29-22-11-7-6-10-21(22)27/h3-13,17H,14-16,18,27H2,1-2H3,(H,29,33). The van der Waals surface area contributed by atoms with Gasteiger partial charge in [0.2, 0.25) is 5.91 Å². The van der Waals surface area contributed by atoms with E-state index in [4.69, 9.17) is 5.73 Å². The monoisotopic (exact) mass is 443 g/mol. The number of piperazine rings is 1. The Morgan fingerprint density at radius 1 is 1.00 bits per heavy atom. The molecule has 0 atom stereocenters. The van der Waals surface area contributed by atoms with Gasteiger partial charge in [0.25, 0.3) is 5.91 Å². The average molecular weight is 444 g/mol. The lowest BCUT2D eigenvalue weighted by atomic mass is 9.97. The van der Waals surface area contributed by atoms with Crippen LogP contribution in [0.25, 0.3) is 0 Å². The Bertz CT molecular complexity index is 1130. The highest BCUT2D eigenvalue weighted by molar-refractivity contribution is 6.05. The molecule has 0 bridgehead atoms. The van der Waals surface area contributed by atoms with Gasteiger partial charge in [-0.2, -0.15) is 0 Å². The molecular formula is C26H29N5O2. The molecule has 2 amide bonds. The molecule has 1 aromatic heterocycles. The van der Waals surface area contributed by atoms with E-state index in [0.29, 0.717) is 43.0 Å². The first-order valence-electron chi connectivity index (χ1n) is 11.0. The Balaban J connectivity index is 1.39. The number of anilines is 3. The minimum absolute atomic E-state index is 0.131. The first kappa shape index (κ1) is 22.3. The van der Waals surface area contributed by atoms with Gasteiger partial charge in [0.15, 0.2) is 0 Å². The first-order chi connectivity index (χ1) is 15.8. The molecular weight excluding hydrogens is 414 g/mol. The zero-order valence-electron chi connectivity index (χ0n) is 19.0. The summed E-state index contributed by atoms with van der Waals surface area (Å²) in [6.07, 6.45) is 1.97. The van der Waals surface area contributed by atoms with E-state index < -0.39 is 0 Å².